The minimum Gasteiger partial charge on any atom is -0.429 e. The summed E-state index contributed by atoms with van der Waals surface area (Å²) in [6.07, 6.45) is 6.17. The van der Waals surface area contributed by atoms with Gasteiger partial charge in [0.05, 0.1) is 10.6 Å². The molecule has 3 unspecified atom stereocenters. The van der Waals surface area contributed by atoms with Crippen molar-refractivity contribution < 1.29 is 29.1 Å². The van der Waals surface area contributed by atoms with E-state index in [0.29, 0.717) is 11.5 Å². The van der Waals surface area contributed by atoms with Crippen molar-refractivity contribution in [2.24, 2.45) is 11.8 Å². The van der Waals surface area contributed by atoms with Gasteiger partial charge in [0, 0.05) is 0 Å². The molecule has 0 saturated heterocycles. The van der Waals surface area contributed by atoms with Gasteiger partial charge >= 0.3 is 12.1 Å². The summed E-state index contributed by atoms with van der Waals surface area (Å²) in [7, 11) is 0. The Morgan fingerprint density at radius 1 is 1.04 bits per heavy atom. The van der Waals surface area contributed by atoms with Crippen LogP contribution in [0.1, 0.15) is 75.2 Å². The number of rotatable bonds is 8. The van der Waals surface area contributed by atoms with Crippen LogP contribution in [0.5, 0.6) is 0 Å². The molecule has 0 N–H and O–H groups in total. The second-order valence-corrected chi connectivity index (χ2v) is 7.48. The first-order chi connectivity index (χ1) is 13.0. The summed E-state index contributed by atoms with van der Waals surface area (Å²) < 4.78 is 5.25. The maximum Gasteiger partial charge on any atom is 0.543 e. The fourth-order valence-corrected chi connectivity index (χ4v) is 3.30. The SMILES string of the molecule is CCCCCc1ccc(C(=O)OOOC(=O)OC2CC(C)CCC2C)cc1. The predicted octanol–water partition coefficient (Wildman–Crippen LogP) is 5.40. The molecule has 0 heterocycles. The van der Waals surface area contributed by atoms with Gasteiger partial charge in [0.25, 0.3) is 0 Å². The van der Waals surface area contributed by atoms with Gasteiger partial charge < -0.3 is 4.74 Å². The van der Waals surface area contributed by atoms with Gasteiger partial charge in [-0.1, -0.05) is 52.2 Å². The summed E-state index contributed by atoms with van der Waals surface area (Å²) in [5, 5.41) is 4.30. The average molecular weight is 378 g/mol. The third kappa shape index (κ3) is 7.21. The molecule has 6 heteroatoms. The van der Waals surface area contributed by atoms with Crippen LogP contribution in [0.4, 0.5) is 4.79 Å². The Balaban J connectivity index is 1.69. The van der Waals surface area contributed by atoms with E-state index in [1.54, 1.807) is 12.1 Å². The molecule has 1 aromatic carbocycles. The Kier molecular flexibility index (Phi) is 8.58. The Morgan fingerprint density at radius 3 is 2.48 bits per heavy atom. The lowest BCUT2D eigenvalue weighted by Crippen LogP contribution is -2.31. The maximum absolute atomic E-state index is 11.9. The van der Waals surface area contributed by atoms with Crippen molar-refractivity contribution in [2.45, 2.75) is 71.8 Å². The molecular weight excluding hydrogens is 348 g/mol. The number of carbonyl (C=O) groups excluding carboxylic acids is 2. The van der Waals surface area contributed by atoms with Crippen LogP contribution in [0.3, 0.4) is 0 Å². The zero-order chi connectivity index (χ0) is 19.6. The molecule has 0 amide bonds. The molecule has 0 aromatic heterocycles. The molecule has 0 radical (unpaired) electrons. The van der Waals surface area contributed by atoms with E-state index in [1.165, 1.54) is 12.8 Å². The van der Waals surface area contributed by atoms with Gasteiger partial charge in [-0.05, 0) is 55.2 Å². The van der Waals surface area contributed by atoms with Gasteiger partial charge in [-0.25, -0.2) is 14.5 Å². The minimum atomic E-state index is -1.000. The molecular formula is C21H30O6. The Bertz CT molecular complexity index is 597. The standard InChI is InChI=1S/C21H30O6/c1-4-5-6-7-17-10-12-18(13-11-17)20(22)25-27-26-21(23)24-19-14-15(2)8-9-16(19)3/h10-13,15-16,19H,4-9,14H2,1-3H3. The van der Waals surface area contributed by atoms with E-state index in [2.05, 4.69) is 28.7 Å². The number of carbonyl (C=O) groups is 2. The van der Waals surface area contributed by atoms with Gasteiger partial charge in [-0.15, -0.1) is 0 Å². The van der Waals surface area contributed by atoms with Crippen molar-refractivity contribution in [1.29, 1.82) is 0 Å². The number of hydrogen-bond acceptors (Lipinski definition) is 6. The molecule has 1 aliphatic carbocycles. The van der Waals surface area contributed by atoms with Crippen LogP contribution in [-0.2, 0) is 26.0 Å². The lowest BCUT2D eigenvalue weighted by molar-refractivity contribution is -0.453. The average Bonchev–Trinajstić information content (AvgIpc) is 2.65. The Morgan fingerprint density at radius 2 is 1.78 bits per heavy atom. The second kappa shape index (κ2) is 10.9. The van der Waals surface area contributed by atoms with Crippen molar-refractivity contribution >= 4 is 12.1 Å². The highest BCUT2D eigenvalue weighted by Gasteiger charge is 2.29. The van der Waals surface area contributed by atoms with E-state index in [1.807, 2.05) is 19.1 Å². The molecule has 1 fully saturated rings. The summed E-state index contributed by atoms with van der Waals surface area (Å²) in [5.41, 5.74) is 1.48. The number of ether oxygens (including phenoxy) is 1. The van der Waals surface area contributed by atoms with E-state index >= 15 is 0 Å². The van der Waals surface area contributed by atoms with Crippen LogP contribution in [0.2, 0.25) is 0 Å². The van der Waals surface area contributed by atoms with Crippen molar-refractivity contribution in [3.05, 3.63) is 35.4 Å². The van der Waals surface area contributed by atoms with Gasteiger partial charge in [0.15, 0.2) is 0 Å². The summed E-state index contributed by atoms with van der Waals surface area (Å²) in [5.74, 6) is 0.0393. The number of benzene rings is 1. The zero-order valence-corrected chi connectivity index (χ0v) is 16.4. The van der Waals surface area contributed by atoms with Crippen molar-refractivity contribution in [2.75, 3.05) is 0 Å². The van der Waals surface area contributed by atoms with Gasteiger partial charge in [-0.2, -0.15) is 0 Å². The maximum atomic E-state index is 11.9. The summed E-state index contributed by atoms with van der Waals surface area (Å²) in [6, 6.07) is 7.09. The monoisotopic (exact) mass is 378 g/mol. The first-order valence-corrected chi connectivity index (χ1v) is 9.84. The lowest BCUT2D eigenvalue weighted by atomic mass is 9.82. The highest BCUT2D eigenvalue weighted by Crippen LogP contribution is 2.30. The largest absolute Gasteiger partial charge is 0.543 e. The van der Waals surface area contributed by atoms with Crippen LogP contribution in [0.25, 0.3) is 0 Å². The van der Waals surface area contributed by atoms with E-state index in [-0.39, 0.29) is 12.0 Å². The highest BCUT2D eigenvalue weighted by molar-refractivity contribution is 5.88. The van der Waals surface area contributed by atoms with Gasteiger partial charge in [-0.3, -0.25) is 4.89 Å². The fraction of sp³-hybridized carbons (Fsp3) is 0.619. The number of hydrogen-bond donors (Lipinski definition) is 0. The molecule has 0 spiro atoms. The lowest BCUT2D eigenvalue weighted by Gasteiger charge is -2.31. The first kappa shape index (κ1) is 21.2. The molecule has 0 aliphatic heterocycles. The summed E-state index contributed by atoms with van der Waals surface area (Å²) in [6.45, 7) is 6.32. The van der Waals surface area contributed by atoms with Gasteiger partial charge in [0.2, 0.25) is 0 Å². The highest BCUT2D eigenvalue weighted by atomic mass is 17.5. The van der Waals surface area contributed by atoms with Crippen LogP contribution in [0.15, 0.2) is 24.3 Å². The normalized spacial score (nSPS) is 22.1. The topological polar surface area (TPSA) is 71.1 Å². The third-order valence-corrected chi connectivity index (χ3v) is 5.10. The minimum absolute atomic E-state index is 0.208. The molecule has 6 nitrogen and oxygen atoms in total. The van der Waals surface area contributed by atoms with Crippen molar-refractivity contribution in [3.8, 4) is 0 Å². The van der Waals surface area contributed by atoms with Gasteiger partial charge in [0.1, 0.15) is 6.10 Å². The van der Waals surface area contributed by atoms with E-state index < -0.39 is 12.1 Å². The summed E-state index contributed by atoms with van der Waals surface area (Å²) >= 11 is 0. The second-order valence-electron chi connectivity index (χ2n) is 7.48. The van der Waals surface area contributed by atoms with Crippen molar-refractivity contribution in [3.63, 3.8) is 0 Å². The van der Waals surface area contributed by atoms with E-state index in [9.17, 15) is 9.59 Å². The number of unbranched alkanes of at least 4 members (excludes halogenated alkanes) is 2. The van der Waals surface area contributed by atoms with Crippen LogP contribution >= 0.6 is 0 Å². The first-order valence-electron chi connectivity index (χ1n) is 9.84. The van der Waals surface area contributed by atoms with E-state index in [0.717, 1.165) is 37.7 Å². The molecule has 0 bridgehead atoms. The predicted molar refractivity (Wildman–Crippen MR) is 99.7 cm³/mol. The molecule has 2 rings (SSSR count). The Hall–Kier alpha value is -2.08. The molecule has 3 atom stereocenters. The molecule has 27 heavy (non-hydrogen) atoms. The molecule has 1 saturated carbocycles. The fourth-order valence-electron chi connectivity index (χ4n) is 3.30. The smallest absolute Gasteiger partial charge is 0.429 e. The van der Waals surface area contributed by atoms with E-state index in [4.69, 9.17) is 4.74 Å². The summed E-state index contributed by atoms with van der Waals surface area (Å²) in [4.78, 5) is 32.5. The zero-order valence-electron chi connectivity index (χ0n) is 16.4. The van der Waals surface area contributed by atoms with Crippen LogP contribution in [0, 0.1) is 11.8 Å². The molecule has 1 aromatic rings. The van der Waals surface area contributed by atoms with Crippen LogP contribution < -0.4 is 0 Å². The third-order valence-electron chi connectivity index (χ3n) is 5.10. The Labute approximate surface area is 161 Å². The molecule has 1 aliphatic rings. The quantitative estimate of drug-likeness (QED) is 0.261. The van der Waals surface area contributed by atoms with Crippen molar-refractivity contribution in [1.82, 2.24) is 0 Å². The van der Waals surface area contributed by atoms with Crippen LogP contribution in [-0.4, -0.2) is 18.2 Å². The molecule has 150 valence electrons. The number of aryl methyl sites for hydroxylation is 1.